The van der Waals surface area contributed by atoms with Crippen LogP contribution >= 0.6 is 11.5 Å². The maximum Gasteiger partial charge on any atom is 0.344 e. The molecule has 6 nitrogen and oxygen atoms in total. The first-order valence-corrected chi connectivity index (χ1v) is 6.55. The highest BCUT2D eigenvalue weighted by Gasteiger charge is 2.20. The van der Waals surface area contributed by atoms with Crippen molar-refractivity contribution < 1.29 is 9.53 Å². The van der Waals surface area contributed by atoms with Crippen LogP contribution < -0.4 is 11.1 Å². The molecule has 19 heavy (non-hydrogen) atoms. The third-order valence-corrected chi connectivity index (χ3v) is 3.17. The summed E-state index contributed by atoms with van der Waals surface area (Å²) in [4.78, 5) is 16.0. The fourth-order valence-electron chi connectivity index (χ4n) is 1.50. The van der Waals surface area contributed by atoms with E-state index in [0.717, 1.165) is 17.2 Å². The molecule has 0 aliphatic rings. The fraction of sp³-hybridized carbons (Fsp3) is 0.250. The van der Waals surface area contributed by atoms with Crippen molar-refractivity contribution in [2.45, 2.75) is 13.5 Å². The molecule has 0 aliphatic carbocycles. The number of ether oxygens (including phenoxy) is 1. The number of nitrogens with zero attached hydrogens (tertiary/aromatic N) is 2. The van der Waals surface area contributed by atoms with Gasteiger partial charge in [-0.25, -0.2) is 4.79 Å². The molecule has 0 aliphatic heterocycles. The molecular formula is C12H14N4O2S. The molecule has 0 bridgehead atoms. The van der Waals surface area contributed by atoms with Gasteiger partial charge in [0.1, 0.15) is 10.6 Å². The minimum atomic E-state index is -0.461. The third-order valence-electron chi connectivity index (χ3n) is 2.35. The largest absolute Gasteiger partial charge is 0.462 e. The molecule has 2 rings (SSSR count). The molecule has 2 heterocycles. The molecule has 0 saturated heterocycles. The van der Waals surface area contributed by atoms with Gasteiger partial charge in [0.05, 0.1) is 18.8 Å². The Morgan fingerprint density at radius 2 is 2.37 bits per heavy atom. The van der Waals surface area contributed by atoms with Crippen molar-refractivity contribution in [3.8, 4) is 0 Å². The van der Waals surface area contributed by atoms with Crippen molar-refractivity contribution >= 4 is 28.3 Å². The first-order chi connectivity index (χ1) is 9.22. The van der Waals surface area contributed by atoms with Crippen LogP contribution in [-0.2, 0) is 11.3 Å². The summed E-state index contributed by atoms with van der Waals surface area (Å²) < 4.78 is 8.92. The van der Waals surface area contributed by atoms with E-state index in [4.69, 9.17) is 10.5 Å². The number of nitrogens with two attached hydrogens (primary N) is 1. The van der Waals surface area contributed by atoms with Gasteiger partial charge in [0.25, 0.3) is 0 Å². The van der Waals surface area contributed by atoms with E-state index < -0.39 is 5.97 Å². The summed E-state index contributed by atoms with van der Waals surface area (Å²) in [6, 6.07) is 5.64. The lowest BCUT2D eigenvalue weighted by molar-refractivity contribution is 0.0529. The number of carbonyl (C=O) groups excluding carboxylic acids is 1. The monoisotopic (exact) mass is 278 g/mol. The first-order valence-electron chi connectivity index (χ1n) is 5.78. The maximum absolute atomic E-state index is 11.8. The smallest absolute Gasteiger partial charge is 0.344 e. The third kappa shape index (κ3) is 3.19. The summed E-state index contributed by atoms with van der Waals surface area (Å²) in [5.74, 6) is -0.274. The van der Waals surface area contributed by atoms with Crippen molar-refractivity contribution in [2.24, 2.45) is 0 Å². The maximum atomic E-state index is 11.8. The fourth-order valence-corrected chi connectivity index (χ4v) is 2.19. The lowest BCUT2D eigenvalue weighted by Gasteiger charge is -2.06. The summed E-state index contributed by atoms with van der Waals surface area (Å²) in [6.45, 7) is 2.54. The van der Waals surface area contributed by atoms with Gasteiger partial charge in [0.15, 0.2) is 5.82 Å². The van der Waals surface area contributed by atoms with Gasteiger partial charge in [-0.05, 0) is 30.6 Å². The number of aromatic nitrogens is 2. The van der Waals surface area contributed by atoms with E-state index in [9.17, 15) is 4.79 Å². The summed E-state index contributed by atoms with van der Waals surface area (Å²) in [5, 5.41) is 3.70. The van der Waals surface area contributed by atoms with E-state index >= 15 is 0 Å². The Bertz CT molecular complexity index is 556. The van der Waals surface area contributed by atoms with E-state index in [1.807, 2.05) is 18.2 Å². The second-order valence-corrected chi connectivity index (χ2v) is 4.44. The lowest BCUT2D eigenvalue weighted by Crippen LogP contribution is -2.10. The van der Waals surface area contributed by atoms with E-state index in [1.165, 1.54) is 0 Å². The van der Waals surface area contributed by atoms with Gasteiger partial charge >= 0.3 is 5.97 Å². The Morgan fingerprint density at radius 1 is 1.53 bits per heavy atom. The molecule has 7 heteroatoms. The van der Waals surface area contributed by atoms with Crippen molar-refractivity contribution in [1.29, 1.82) is 0 Å². The number of pyridine rings is 1. The van der Waals surface area contributed by atoms with Gasteiger partial charge in [-0.15, -0.1) is 0 Å². The van der Waals surface area contributed by atoms with Crippen LogP contribution in [0.25, 0.3) is 0 Å². The molecule has 100 valence electrons. The number of anilines is 2. The van der Waals surface area contributed by atoms with Gasteiger partial charge < -0.3 is 15.8 Å². The molecule has 0 spiro atoms. The SMILES string of the molecule is CCOC(=O)c1c(N)nsc1NCc1ccccn1. The van der Waals surface area contributed by atoms with Gasteiger partial charge in [-0.1, -0.05) is 6.07 Å². The average molecular weight is 278 g/mol. The van der Waals surface area contributed by atoms with E-state index in [1.54, 1.807) is 13.1 Å². The molecule has 0 atom stereocenters. The minimum absolute atomic E-state index is 0.187. The van der Waals surface area contributed by atoms with Crippen LogP contribution in [0.5, 0.6) is 0 Å². The average Bonchev–Trinajstić information content (AvgIpc) is 2.79. The molecule has 0 unspecified atom stereocenters. The highest BCUT2D eigenvalue weighted by atomic mass is 32.1. The van der Waals surface area contributed by atoms with Crippen LogP contribution in [0.15, 0.2) is 24.4 Å². The zero-order valence-corrected chi connectivity index (χ0v) is 11.2. The van der Waals surface area contributed by atoms with Crippen molar-refractivity contribution in [3.63, 3.8) is 0 Å². The highest BCUT2D eigenvalue weighted by Crippen LogP contribution is 2.27. The molecule has 0 aromatic carbocycles. The summed E-state index contributed by atoms with van der Waals surface area (Å²) >= 11 is 1.13. The van der Waals surface area contributed by atoms with Crippen LogP contribution in [0.1, 0.15) is 23.0 Å². The van der Waals surface area contributed by atoms with Crippen molar-refractivity contribution in [2.75, 3.05) is 17.7 Å². The predicted octanol–water partition coefficient (Wildman–Crippen LogP) is 1.91. The Labute approximate surface area is 114 Å². The quantitative estimate of drug-likeness (QED) is 0.812. The zero-order chi connectivity index (χ0) is 13.7. The number of nitrogens with one attached hydrogen (secondary N) is 1. The second-order valence-electron chi connectivity index (χ2n) is 3.67. The standard InChI is InChI=1S/C12H14N4O2S/c1-2-18-12(17)9-10(13)16-19-11(9)15-7-8-5-3-4-6-14-8/h3-6,15H,2,7H2,1H3,(H2,13,16). The Kier molecular flexibility index (Phi) is 4.30. The van der Waals surface area contributed by atoms with Crippen molar-refractivity contribution in [3.05, 3.63) is 35.7 Å². The Balaban J connectivity index is 2.11. The van der Waals surface area contributed by atoms with E-state index in [2.05, 4.69) is 14.7 Å². The number of rotatable bonds is 5. The van der Waals surface area contributed by atoms with Gasteiger partial charge in [-0.3, -0.25) is 4.98 Å². The highest BCUT2D eigenvalue weighted by molar-refractivity contribution is 7.11. The summed E-state index contributed by atoms with van der Waals surface area (Å²) in [5.41, 5.74) is 6.84. The molecule has 2 aromatic rings. The number of hydrogen-bond donors (Lipinski definition) is 2. The van der Waals surface area contributed by atoms with Crippen LogP contribution in [-0.4, -0.2) is 21.9 Å². The number of carbonyl (C=O) groups is 1. The van der Waals surface area contributed by atoms with Crippen LogP contribution in [0.4, 0.5) is 10.8 Å². The second kappa shape index (κ2) is 6.14. The normalized spacial score (nSPS) is 10.2. The van der Waals surface area contributed by atoms with Gasteiger partial charge in [0, 0.05) is 6.20 Å². The molecule has 0 amide bonds. The Morgan fingerprint density at radius 3 is 3.05 bits per heavy atom. The van der Waals surface area contributed by atoms with Crippen LogP contribution in [0, 0.1) is 0 Å². The molecular weight excluding hydrogens is 264 g/mol. The molecule has 3 N–H and O–H groups in total. The first kappa shape index (κ1) is 13.3. The topological polar surface area (TPSA) is 90.1 Å². The number of nitrogen functional groups attached to an aromatic ring is 1. The predicted molar refractivity (Wildman–Crippen MR) is 74.0 cm³/mol. The number of hydrogen-bond acceptors (Lipinski definition) is 7. The number of esters is 1. The molecule has 2 aromatic heterocycles. The van der Waals surface area contributed by atoms with Gasteiger partial charge in [-0.2, -0.15) is 4.37 Å². The molecule has 0 fully saturated rings. The molecule has 0 saturated carbocycles. The van der Waals surface area contributed by atoms with E-state index in [-0.39, 0.29) is 5.82 Å². The minimum Gasteiger partial charge on any atom is -0.462 e. The Hall–Kier alpha value is -2.15. The van der Waals surface area contributed by atoms with E-state index in [0.29, 0.717) is 23.7 Å². The van der Waals surface area contributed by atoms with Crippen LogP contribution in [0.2, 0.25) is 0 Å². The van der Waals surface area contributed by atoms with Crippen LogP contribution in [0.3, 0.4) is 0 Å². The summed E-state index contributed by atoms with van der Waals surface area (Å²) in [7, 11) is 0. The summed E-state index contributed by atoms with van der Waals surface area (Å²) in [6.07, 6.45) is 1.71. The van der Waals surface area contributed by atoms with Gasteiger partial charge in [0.2, 0.25) is 0 Å². The molecule has 0 radical (unpaired) electrons. The lowest BCUT2D eigenvalue weighted by atomic mass is 10.3. The van der Waals surface area contributed by atoms with Crippen molar-refractivity contribution in [1.82, 2.24) is 9.36 Å². The zero-order valence-electron chi connectivity index (χ0n) is 10.4.